The van der Waals surface area contributed by atoms with Crippen molar-refractivity contribution in [1.29, 1.82) is 0 Å². The zero-order chi connectivity index (χ0) is 19.3. The van der Waals surface area contributed by atoms with Gasteiger partial charge in [0.05, 0.1) is 12.1 Å². The number of nitrogens with zero attached hydrogens (tertiary/aromatic N) is 2. The summed E-state index contributed by atoms with van der Waals surface area (Å²) in [6.07, 6.45) is 16.0. The molecule has 27 heavy (non-hydrogen) atoms. The summed E-state index contributed by atoms with van der Waals surface area (Å²) < 4.78 is 14.5. The molecular weight excluding hydrogens is 328 g/mol. The van der Waals surface area contributed by atoms with Crippen LogP contribution in [0.1, 0.15) is 93.7 Å². The quantitative estimate of drug-likeness (QED) is 0.576. The topological polar surface area (TPSA) is 8.81 Å². The fourth-order valence-electron chi connectivity index (χ4n) is 5.83. The third kappa shape index (κ3) is 2.80. The van der Waals surface area contributed by atoms with Crippen LogP contribution in [0.2, 0.25) is 0 Å². The van der Waals surface area contributed by atoms with E-state index in [9.17, 15) is 1.37 Å². The maximum absolute atomic E-state index is 9.57. The molecule has 2 heteroatoms. The maximum atomic E-state index is 9.57. The molecule has 2 fully saturated rings. The Labute approximate surface area is 165 Å². The van der Waals surface area contributed by atoms with Gasteiger partial charge in [-0.05, 0) is 56.2 Å². The van der Waals surface area contributed by atoms with E-state index < -0.39 is 5.89 Å². The van der Waals surface area contributed by atoms with Crippen LogP contribution in [0, 0.1) is 19.8 Å². The van der Waals surface area contributed by atoms with Crippen LogP contribution in [0.3, 0.4) is 0 Å². The van der Waals surface area contributed by atoms with E-state index in [1.165, 1.54) is 86.3 Å². The molecule has 2 heterocycles. The summed E-state index contributed by atoms with van der Waals surface area (Å²) in [7, 11) is 0. The first-order valence-corrected chi connectivity index (χ1v) is 11.0. The van der Waals surface area contributed by atoms with Crippen LogP contribution in [0.4, 0.5) is 0 Å². The van der Waals surface area contributed by atoms with Crippen molar-refractivity contribution < 1.29 is 5.94 Å². The molecule has 2 aromatic rings. The Morgan fingerprint density at radius 3 is 2.41 bits per heavy atom. The van der Waals surface area contributed by atoms with Gasteiger partial charge >= 0.3 is 0 Å². The number of aryl methyl sites for hydroxylation is 1. The first kappa shape index (κ1) is 16.2. The van der Waals surface area contributed by atoms with Crippen molar-refractivity contribution >= 4 is 6.20 Å². The minimum absolute atomic E-state index is 0.453. The molecule has 1 aliphatic heterocycles. The predicted octanol–water partition coefficient (Wildman–Crippen LogP) is 6.19. The van der Waals surface area contributed by atoms with E-state index in [0.29, 0.717) is 11.8 Å². The lowest BCUT2D eigenvalue weighted by Gasteiger charge is -2.25. The number of allylic oxidation sites excluding steroid dienone is 1. The third-order valence-electron chi connectivity index (χ3n) is 7.19. The van der Waals surface area contributed by atoms with Crippen LogP contribution in [-0.4, -0.2) is 4.57 Å². The molecule has 1 aromatic carbocycles. The molecule has 3 aliphatic rings. The Kier molecular flexibility index (Phi) is 4.17. The van der Waals surface area contributed by atoms with Crippen LogP contribution < -0.4 is 4.57 Å². The van der Waals surface area contributed by atoms with E-state index in [2.05, 4.69) is 59.5 Å². The summed E-state index contributed by atoms with van der Waals surface area (Å²) in [6.45, 7) is 4.48. The molecule has 0 radical (unpaired) electrons. The monoisotopic (exact) mass is 362 g/mol. The van der Waals surface area contributed by atoms with Gasteiger partial charge < -0.3 is 0 Å². The van der Waals surface area contributed by atoms with Crippen LogP contribution in [0.15, 0.2) is 30.3 Å². The van der Waals surface area contributed by atoms with E-state index in [4.69, 9.17) is 0 Å². The molecular formula is C25H33N2+. The Morgan fingerprint density at radius 2 is 1.67 bits per heavy atom. The average Bonchev–Trinajstić information content (AvgIpc) is 3.42. The van der Waals surface area contributed by atoms with Crippen molar-refractivity contribution in [2.45, 2.75) is 83.4 Å². The minimum atomic E-state index is -0.564. The molecule has 0 saturated heterocycles. The number of imidazole rings is 1. The molecule has 2 aliphatic carbocycles. The standard InChI is InChI=1S/C25H33N2/c1-18-10-6-9-15-23(18)27-19(2)24-22(20-11-4-3-5-12-20)16-17-26(24)25(27)21-13-7-8-14-21/h6,9-10,15-17,20-22H,3-5,7-8,11-14H2,1-2H3/q+1/i22D. The molecule has 2 saturated carbocycles. The van der Waals surface area contributed by atoms with Gasteiger partial charge in [-0.1, -0.05) is 50.3 Å². The zero-order valence-corrected chi connectivity index (χ0v) is 16.9. The second-order valence-corrected chi connectivity index (χ2v) is 8.87. The lowest BCUT2D eigenvalue weighted by molar-refractivity contribution is -0.612. The van der Waals surface area contributed by atoms with Crippen molar-refractivity contribution in [2.24, 2.45) is 5.92 Å². The molecule has 5 rings (SSSR count). The first-order chi connectivity index (χ1) is 13.6. The molecule has 142 valence electrons. The summed E-state index contributed by atoms with van der Waals surface area (Å²) in [6, 6.07) is 8.76. The highest BCUT2D eigenvalue weighted by Crippen LogP contribution is 2.44. The lowest BCUT2D eigenvalue weighted by Crippen LogP contribution is -2.39. The third-order valence-corrected chi connectivity index (χ3v) is 7.19. The minimum Gasteiger partial charge on any atom is -0.203 e. The molecule has 2 nitrogen and oxygen atoms in total. The Hall–Kier alpha value is -1.83. The maximum Gasteiger partial charge on any atom is 0.269 e. The number of hydrogen-bond acceptors (Lipinski definition) is 0. The molecule has 1 aromatic heterocycles. The lowest BCUT2D eigenvalue weighted by atomic mass is 9.79. The Bertz CT molecular complexity index is 913. The highest BCUT2D eigenvalue weighted by atomic mass is 15.2. The number of benzene rings is 1. The van der Waals surface area contributed by atoms with Gasteiger partial charge in [-0.3, -0.25) is 0 Å². The van der Waals surface area contributed by atoms with Gasteiger partial charge in [0.25, 0.3) is 5.82 Å². The molecule has 0 spiro atoms. The van der Waals surface area contributed by atoms with Gasteiger partial charge in [0.15, 0.2) is 5.69 Å². The first-order valence-electron chi connectivity index (χ1n) is 11.5. The second kappa shape index (κ2) is 6.96. The summed E-state index contributed by atoms with van der Waals surface area (Å²) in [5.41, 5.74) is 5.13. The summed E-state index contributed by atoms with van der Waals surface area (Å²) in [5, 5.41) is 0. The van der Waals surface area contributed by atoms with Gasteiger partial charge in [0.1, 0.15) is 11.4 Å². The van der Waals surface area contributed by atoms with Gasteiger partial charge in [-0.25, -0.2) is 4.57 Å². The van der Waals surface area contributed by atoms with Crippen LogP contribution in [0.5, 0.6) is 0 Å². The smallest absolute Gasteiger partial charge is 0.203 e. The normalized spacial score (nSPS) is 26.5. The van der Waals surface area contributed by atoms with E-state index in [1.54, 1.807) is 0 Å². The number of aromatic nitrogens is 2. The molecule has 0 amide bonds. The number of fused-ring (bicyclic) bond motifs is 1. The van der Waals surface area contributed by atoms with Crippen molar-refractivity contribution in [3.05, 3.63) is 53.1 Å². The fourth-order valence-corrected chi connectivity index (χ4v) is 5.83. The van der Waals surface area contributed by atoms with E-state index in [1.807, 2.05) is 0 Å². The number of para-hydroxylation sites is 1. The van der Waals surface area contributed by atoms with Crippen molar-refractivity contribution in [3.63, 3.8) is 0 Å². The van der Waals surface area contributed by atoms with Gasteiger partial charge in [0.2, 0.25) is 0 Å². The van der Waals surface area contributed by atoms with E-state index in [-0.39, 0.29) is 0 Å². The predicted molar refractivity (Wildman–Crippen MR) is 111 cm³/mol. The number of hydrogen-bond donors (Lipinski definition) is 0. The van der Waals surface area contributed by atoms with Gasteiger partial charge in [-0.2, -0.15) is 4.57 Å². The Morgan fingerprint density at radius 1 is 0.963 bits per heavy atom. The number of rotatable bonds is 3. The second-order valence-electron chi connectivity index (χ2n) is 8.87. The molecule has 0 bridgehead atoms. The van der Waals surface area contributed by atoms with Gasteiger partial charge in [-0.15, -0.1) is 0 Å². The summed E-state index contributed by atoms with van der Waals surface area (Å²) in [4.78, 5) is 0. The van der Waals surface area contributed by atoms with Crippen LogP contribution in [-0.2, 0) is 0 Å². The van der Waals surface area contributed by atoms with Crippen LogP contribution >= 0.6 is 0 Å². The largest absolute Gasteiger partial charge is 0.269 e. The Balaban J connectivity index is 1.72. The van der Waals surface area contributed by atoms with E-state index in [0.717, 1.165) is 0 Å². The SMILES string of the molecule is [2H]C1(C2CCCCC2)C=Cn2c1c(C)[n+](-c1ccccc1C)c2C1CCCC1. The van der Waals surface area contributed by atoms with E-state index >= 15 is 0 Å². The fraction of sp³-hybridized carbons (Fsp3) is 0.560. The summed E-state index contributed by atoms with van der Waals surface area (Å²) >= 11 is 0. The highest BCUT2D eigenvalue weighted by Gasteiger charge is 2.42. The average molecular weight is 363 g/mol. The zero-order valence-electron chi connectivity index (χ0n) is 17.9. The van der Waals surface area contributed by atoms with Crippen LogP contribution in [0.25, 0.3) is 11.9 Å². The molecule has 1 unspecified atom stereocenters. The van der Waals surface area contributed by atoms with Gasteiger partial charge in [0, 0.05) is 14.2 Å². The highest BCUT2D eigenvalue weighted by molar-refractivity contribution is 5.45. The van der Waals surface area contributed by atoms with Crippen molar-refractivity contribution in [3.8, 4) is 5.69 Å². The van der Waals surface area contributed by atoms with Crippen molar-refractivity contribution in [1.82, 2.24) is 4.57 Å². The molecule has 0 N–H and O–H groups in total. The van der Waals surface area contributed by atoms with Crippen molar-refractivity contribution in [2.75, 3.05) is 0 Å². The summed E-state index contributed by atoms with van der Waals surface area (Å²) in [5.74, 6) is 1.91. The molecule has 1 atom stereocenters.